The molecule has 1 heterocycles. The normalized spacial score (nSPS) is 10.3. The Morgan fingerprint density at radius 3 is 2.68 bits per heavy atom. The predicted molar refractivity (Wildman–Crippen MR) is 86.1 cm³/mol. The summed E-state index contributed by atoms with van der Waals surface area (Å²) in [4.78, 5) is 16.0. The summed E-state index contributed by atoms with van der Waals surface area (Å²) >= 11 is 13.9. The number of anilines is 1. The summed E-state index contributed by atoms with van der Waals surface area (Å²) in [5.41, 5.74) is 1.96. The zero-order chi connectivity index (χ0) is 14.0. The minimum atomic E-state index is -0.382. The summed E-state index contributed by atoms with van der Waals surface area (Å²) in [5, 5.41) is 3.24. The van der Waals surface area contributed by atoms with E-state index in [4.69, 9.17) is 23.2 Å². The Hall–Kier alpha value is -0.850. The lowest BCUT2D eigenvalue weighted by atomic mass is 10.2. The van der Waals surface area contributed by atoms with Gasteiger partial charge in [0.05, 0.1) is 5.02 Å². The van der Waals surface area contributed by atoms with E-state index in [1.165, 1.54) is 6.07 Å². The third-order valence-electron chi connectivity index (χ3n) is 2.46. The van der Waals surface area contributed by atoms with Crippen LogP contribution in [0.5, 0.6) is 0 Å². The van der Waals surface area contributed by atoms with E-state index in [-0.39, 0.29) is 21.8 Å². The van der Waals surface area contributed by atoms with Crippen molar-refractivity contribution in [2.24, 2.45) is 0 Å². The molecule has 1 aromatic heterocycles. The van der Waals surface area contributed by atoms with Gasteiger partial charge in [0, 0.05) is 9.26 Å². The Morgan fingerprint density at radius 1 is 1.26 bits per heavy atom. The standard InChI is InChI=1S/C13H9Cl2IN2O/c1-7-2-3-8(6-10(7)16)17-13(19)12-9(14)4-5-11(15)18-12/h2-6H,1H3,(H,17,19). The van der Waals surface area contributed by atoms with Crippen LogP contribution in [0.15, 0.2) is 30.3 Å². The number of halogens is 3. The van der Waals surface area contributed by atoms with Crippen LogP contribution < -0.4 is 5.32 Å². The molecule has 0 saturated carbocycles. The molecule has 2 rings (SSSR count). The van der Waals surface area contributed by atoms with Gasteiger partial charge >= 0.3 is 0 Å². The van der Waals surface area contributed by atoms with Gasteiger partial charge < -0.3 is 5.32 Å². The molecule has 6 heteroatoms. The van der Waals surface area contributed by atoms with E-state index in [0.717, 1.165) is 9.13 Å². The van der Waals surface area contributed by atoms with Crippen LogP contribution in [0.25, 0.3) is 0 Å². The van der Waals surface area contributed by atoms with Gasteiger partial charge in [-0.25, -0.2) is 4.98 Å². The minimum Gasteiger partial charge on any atom is -0.321 e. The third-order valence-corrected chi connectivity index (χ3v) is 4.13. The fourth-order valence-electron chi connectivity index (χ4n) is 1.44. The van der Waals surface area contributed by atoms with Gasteiger partial charge in [0.25, 0.3) is 5.91 Å². The highest BCUT2D eigenvalue weighted by molar-refractivity contribution is 14.1. The van der Waals surface area contributed by atoms with Crippen LogP contribution in [0.4, 0.5) is 5.69 Å². The zero-order valence-electron chi connectivity index (χ0n) is 9.88. The maximum atomic E-state index is 12.1. The van der Waals surface area contributed by atoms with Gasteiger partial charge in [-0.05, 0) is 59.3 Å². The zero-order valence-corrected chi connectivity index (χ0v) is 13.5. The highest BCUT2D eigenvalue weighted by Crippen LogP contribution is 2.20. The van der Waals surface area contributed by atoms with Crippen LogP contribution >= 0.6 is 45.8 Å². The monoisotopic (exact) mass is 406 g/mol. The number of aryl methyl sites for hydroxylation is 1. The number of aromatic nitrogens is 1. The first-order valence-electron chi connectivity index (χ1n) is 5.37. The Morgan fingerprint density at radius 2 is 2.00 bits per heavy atom. The lowest BCUT2D eigenvalue weighted by molar-refractivity contribution is 0.102. The van der Waals surface area contributed by atoms with Crippen LogP contribution in [0.3, 0.4) is 0 Å². The first-order chi connectivity index (χ1) is 8.97. The molecular weight excluding hydrogens is 398 g/mol. The van der Waals surface area contributed by atoms with Crippen molar-refractivity contribution < 1.29 is 4.79 Å². The number of nitrogens with zero attached hydrogens (tertiary/aromatic N) is 1. The van der Waals surface area contributed by atoms with Crippen LogP contribution in [0.1, 0.15) is 16.1 Å². The number of nitrogens with one attached hydrogen (secondary N) is 1. The number of pyridine rings is 1. The number of hydrogen-bond donors (Lipinski definition) is 1. The number of carbonyl (C=O) groups is 1. The van der Waals surface area contributed by atoms with Crippen molar-refractivity contribution in [3.63, 3.8) is 0 Å². The molecular formula is C13H9Cl2IN2O. The van der Waals surface area contributed by atoms with Crippen molar-refractivity contribution in [1.29, 1.82) is 0 Å². The molecule has 0 spiro atoms. The predicted octanol–water partition coefficient (Wildman–Crippen LogP) is 4.55. The lowest BCUT2D eigenvalue weighted by Gasteiger charge is -2.07. The average Bonchev–Trinajstić information content (AvgIpc) is 2.36. The van der Waals surface area contributed by atoms with Gasteiger partial charge in [-0.2, -0.15) is 0 Å². The Balaban J connectivity index is 2.25. The smallest absolute Gasteiger partial charge is 0.275 e. The average molecular weight is 407 g/mol. The van der Waals surface area contributed by atoms with Crippen molar-refractivity contribution in [2.45, 2.75) is 6.92 Å². The minimum absolute atomic E-state index is 0.116. The summed E-state index contributed by atoms with van der Waals surface area (Å²) in [7, 11) is 0. The Bertz CT molecular complexity index is 647. The van der Waals surface area contributed by atoms with Crippen molar-refractivity contribution in [2.75, 3.05) is 5.32 Å². The van der Waals surface area contributed by atoms with E-state index in [2.05, 4.69) is 32.9 Å². The summed E-state index contributed by atoms with van der Waals surface area (Å²) in [6.45, 7) is 2.00. The lowest BCUT2D eigenvalue weighted by Crippen LogP contribution is -2.14. The van der Waals surface area contributed by atoms with Crippen molar-refractivity contribution in [3.8, 4) is 0 Å². The van der Waals surface area contributed by atoms with E-state index >= 15 is 0 Å². The maximum Gasteiger partial charge on any atom is 0.275 e. The van der Waals surface area contributed by atoms with Crippen molar-refractivity contribution in [3.05, 3.63) is 55.3 Å². The van der Waals surface area contributed by atoms with E-state index in [1.807, 2.05) is 25.1 Å². The maximum absolute atomic E-state index is 12.1. The van der Waals surface area contributed by atoms with Gasteiger partial charge in [0.2, 0.25) is 0 Å². The Kier molecular flexibility index (Phi) is 4.65. The highest BCUT2D eigenvalue weighted by Gasteiger charge is 2.13. The molecule has 0 fully saturated rings. The summed E-state index contributed by atoms with van der Waals surface area (Å²) < 4.78 is 1.07. The largest absolute Gasteiger partial charge is 0.321 e. The molecule has 0 bridgehead atoms. The summed E-state index contributed by atoms with van der Waals surface area (Å²) in [6, 6.07) is 8.73. The second-order valence-electron chi connectivity index (χ2n) is 3.88. The number of carbonyl (C=O) groups excluding carboxylic acids is 1. The fourth-order valence-corrected chi connectivity index (χ4v) is 2.29. The molecule has 0 unspecified atom stereocenters. The van der Waals surface area contributed by atoms with Crippen molar-refractivity contribution >= 4 is 57.4 Å². The fraction of sp³-hybridized carbons (Fsp3) is 0.0769. The second kappa shape index (κ2) is 6.07. The number of benzene rings is 1. The van der Waals surface area contributed by atoms with E-state index in [0.29, 0.717) is 5.69 Å². The highest BCUT2D eigenvalue weighted by atomic mass is 127. The molecule has 2 aromatic rings. The molecule has 1 N–H and O–H groups in total. The van der Waals surface area contributed by atoms with E-state index in [9.17, 15) is 4.79 Å². The molecule has 3 nitrogen and oxygen atoms in total. The topological polar surface area (TPSA) is 42.0 Å². The van der Waals surface area contributed by atoms with Crippen LogP contribution in [0.2, 0.25) is 10.2 Å². The van der Waals surface area contributed by atoms with E-state index in [1.54, 1.807) is 6.07 Å². The number of hydrogen-bond acceptors (Lipinski definition) is 2. The van der Waals surface area contributed by atoms with Crippen LogP contribution in [0, 0.1) is 10.5 Å². The molecule has 1 amide bonds. The first kappa shape index (κ1) is 14.6. The molecule has 0 atom stereocenters. The van der Waals surface area contributed by atoms with Gasteiger partial charge in [-0.1, -0.05) is 29.3 Å². The molecule has 1 aromatic carbocycles. The molecule has 19 heavy (non-hydrogen) atoms. The van der Waals surface area contributed by atoms with Gasteiger partial charge in [-0.3, -0.25) is 4.79 Å². The molecule has 0 aliphatic heterocycles. The quantitative estimate of drug-likeness (QED) is 0.587. The first-order valence-corrected chi connectivity index (χ1v) is 7.20. The van der Waals surface area contributed by atoms with Gasteiger partial charge in [0.15, 0.2) is 0 Å². The second-order valence-corrected chi connectivity index (χ2v) is 5.84. The SMILES string of the molecule is Cc1ccc(NC(=O)c2nc(Cl)ccc2Cl)cc1I. The van der Waals surface area contributed by atoms with Gasteiger partial charge in [0.1, 0.15) is 10.8 Å². The van der Waals surface area contributed by atoms with Crippen LogP contribution in [-0.4, -0.2) is 10.9 Å². The molecule has 98 valence electrons. The summed E-state index contributed by atoms with van der Waals surface area (Å²) in [6.07, 6.45) is 0. The van der Waals surface area contributed by atoms with Gasteiger partial charge in [-0.15, -0.1) is 0 Å². The third kappa shape index (κ3) is 3.58. The Labute approximate surface area is 134 Å². The molecule has 0 radical (unpaired) electrons. The number of rotatable bonds is 2. The summed E-state index contributed by atoms with van der Waals surface area (Å²) in [5.74, 6) is -0.382. The van der Waals surface area contributed by atoms with Crippen molar-refractivity contribution in [1.82, 2.24) is 4.98 Å². The van der Waals surface area contributed by atoms with Crippen LogP contribution in [-0.2, 0) is 0 Å². The molecule has 0 saturated heterocycles. The van der Waals surface area contributed by atoms with E-state index < -0.39 is 0 Å². The number of amides is 1. The molecule has 0 aliphatic rings. The molecule has 0 aliphatic carbocycles.